The highest BCUT2D eigenvalue weighted by molar-refractivity contribution is 7.81. The van der Waals surface area contributed by atoms with E-state index < -0.39 is 46.6 Å². The Morgan fingerprint density at radius 1 is 0.484 bits per heavy atom. The second-order valence-electron chi connectivity index (χ2n) is 13.7. The van der Waals surface area contributed by atoms with Crippen molar-refractivity contribution in [3.05, 3.63) is 48.0 Å². The van der Waals surface area contributed by atoms with Crippen LogP contribution in [0.25, 0.3) is 0 Å². The maximum atomic E-state index is 12.3. The fourth-order valence-electron chi connectivity index (χ4n) is 5.03. The van der Waals surface area contributed by atoms with Crippen LogP contribution in [0.2, 0.25) is 0 Å². The van der Waals surface area contributed by atoms with Gasteiger partial charge >= 0.3 is 35.8 Å². The highest BCUT2D eigenvalue weighted by Gasteiger charge is 2.41. The lowest BCUT2D eigenvalue weighted by Gasteiger charge is -2.35. The lowest BCUT2D eigenvalue weighted by Crippen LogP contribution is -2.47. The summed E-state index contributed by atoms with van der Waals surface area (Å²) in [6.45, 7) is 0.965. The molecule has 348 valence electrons. The number of thiol groups is 6. The average Bonchev–Trinajstić information content (AvgIpc) is 3.49. The van der Waals surface area contributed by atoms with Crippen molar-refractivity contribution in [2.75, 3.05) is 93.9 Å². The van der Waals surface area contributed by atoms with Crippen molar-refractivity contribution in [3.8, 4) is 0 Å². The highest BCUT2D eigenvalue weighted by Crippen LogP contribution is 2.27. The van der Waals surface area contributed by atoms with Gasteiger partial charge in [0, 0.05) is 41.1 Å². The molecule has 0 saturated carbocycles. The topological polar surface area (TPSA) is 204 Å². The van der Waals surface area contributed by atoms with Gasteiger partial charge in [-0.1, -0.05) is 18.2 Å². The Morgan fingerprint density at radius 3 is 0.968 bits per heavy atom. The van der Waals surface area contributed by atoms with Gasteiger partial charge in [-0.25, -0.2) is 0 Å². The Bertz CT molecular complexity index is 1410. The van der Waals surface area contributed by atoms with Crippen LogP contribution in [0.1, 0.15) is 65.7 Å². The summed E-state index contributed by atoms with van der Waals surface area (Å²) in [4.78, 5) is 98.6. The third-order valence-corrected chi connectivity index (χ3v) is 9.72. The first kappa shape index (κ1) is 57.0. The summed E-state index contributed by atoms with van der Waals surface area (Å²) in [5.74, 6) is -2.77. The quantitative estimate of drug-likeness (QED) is 0.0205. The Labute approximate surface area is 395 Å². The summed E-state index contributed by atoms with van der Waals surface area (Å²) < 4.78 is 38.6. The van der Waals surface area contributed by atoms with Gasteiger partial charge < -0.3 is 33.2 Å². The molecule has 0 atom stereocenters. The number of imide groups is 1. The number of amides is 2. The number of fused-ring (bicyclic) bond motifs is 1. The lowest BCUT2D eigenvalue weighted by molar-refractivity contribution is -0.174. The van der Waals surface area contributed by atoms with E-state index in [2.05, 4.69) is 82.4 Å². The molecule has 1 aliphatic rings. The third kappa shape index (κ3) is 22.1. The molecule has 0 saturated heterocycles. The molecule has 2 amide bonds. The van der Waals surface area contributed by atoms with Crippen molar-refractivity contribution in [2.24, 2.45) is 10.8 Å². The molecule has 62 heavy (non-hydrogen) atoms. The second-order valence-corrected chi connectivity index (χ2v) is 16.4. The minimum atomic E-state index is -1.41. The van der Waals surface area contributed by atoms with Crippen LogP contribution in [0.15, 0.2) is 36.9 Å². The zero-order chi connectivity index (χ0) is 46.4. The van der Waals surface area contributed by atoms with Crippen LogP contribution in [0.4, 0.5) is 0 Å². The molecule has 0 bridgehead atoms. The lowest BCUT2D eigenvalue weighted by atomic mass is 9.90. The number of hydrogen-bond acceptors (Lipinski definition) is 21. The molecule has 1 aromatic rings. The molecule has 1 heterocycles. The molecule has 16 nitrogen and oxygen atoms in total. The van der Waals surface area contributed by atoms with E-state index in [4.69, 9.17) is 33.2 Å². The minimum Gasteiger partial charge on any atom is -0.465 e. The van der Waals surface area contributed by atoms with E-state index in [9.17, 15) is 38.4 Å². The summed E-state index contributed by atoms with van der Waals surface area (Å²) >= 11 is 24.2. The first-order valence-electron chi connectivity index (χ1n) is 19.4. The van der Waals surface area contributed by atoms with Crippen LogP contribution in [-0.4, -0.2) is 146 Å². The number of carbonyl (C=O) groups excluding carboxylic acids is 8. The van der Waals surface area contributed by atoms with Gasteiger partial charge in [0.25, 0.3) is 11.8 Å². The summed E-state index contributed by atoms with van der Waals surface area (Å²) in [6, 6.07) is 6.90. The van der Waals surface area contributed by atoms with Gasteiger partial charge in [0.2, 0.25) is 0 Å². The maximum Gasteiger partial charge on any atom is 0.306 e. The monoisotopic (exact) mass is 983 g/mol. The Balaban J connectivity index is 0.00000106. The van der Waals surface area contributed by atoms with E-state index in [0.717, 1.165) is 0 Å². The predicted molar refractivity (Wildman–Crippen MR) is 249 cm³/mol. The van der Waals surface area contributed by atoms with Gasteiger partial charge in [-0.15, -0.1) is 6.58 Å². The van der Waals surface area contributed by atoms with Crippen LogP contribution in [-0.2, 0) is 61.9 Å². The van der Waals surface area contributed by atoms with Gasteiger partial charge in [-0.2, -0.15) is 75.8 Å². The molecule has 0 N–H and O–H groups in total. The number of carbonyl (C=O) groups is 8. The zero-order valence-electron chi connectivity index (χ0n) is 34.4. The molecule has 0 spiro atoms. The van der Waals surface area contributed by atoms with Gasteiger partial charge in [-0.3, -0.25) is 43.3 Å². The fraction of sp³-hybridized carbons (Fsp3) is 0.600. The van der Waals surface area contributed by atoms with E-state index in [-0.39, 0.29) is 138 Å². The molecule has 1 aliphatic heterocycles. The summed E-state index contributed by atoms with van der Waals surface area (Å²) in [5, 5.41) is 0. The third-order valence-electron chi connectivity index (χ3n) is 8.38. The molecule has 0 aliphatic carbocycles. The predicted octanol–water partition coefficient (Wildman–Crippen LogP) is 4.01. The number of benzene rings is 1. The van der Waals surface area contributed by atoms with Gasteiger partial charge in [0.05, 0.1) is 73.7 Å². The fourth-order valence-corrected chi connectivity index (χ4v) is 6.12. The van der Waals surface area contributed by atoms with Crippen molar-refractivity contribution in [1.82, 2.24) is 4.90 Å². The van der Waals surface area contributed by atoms with Crippen LogP contribution in [0.5, 0.6) is 0 Å². The average molecular weight is 984 g/mol. The number of esters is 6. The summed E-state index contributed by atoms with van der Waals surface area (Å²) in [7, 11) is 0. The first-order chi connectivity index (χ1) is 29.7. The van der Waals surface area contributed by atoms with E-state index in [1.54, 1.807) is 30.3 Å². The maximum absolute atomic E-state index is 12.3. The number of hydrogen-bond donors (Lipinski definition) is 6. The molecule has 1 aromatic carbocycles. The van der Waals surface area contributed by atoms with Gasteiger partial charge in [0.1, 0.15) is 39.6 Å². The van der Waals surface area contributed by atoms with E-state index >= 15 is 0 Å². The summed E-state index contributed by atoms with van der Waals surface area (Å²) in [6.07, 6.45) is 2.22. The first-order valence-corrected chi connectivity index (χ1v) is 23.2. The number of ether oxygens (including phenoxy) is 7. The zero-order valence-corrected chi connectivity index (χ0v) is 39.8. The van der Waals surface area contributed by atoms with E-state index in [1.165, 1.54) is 4.90 Å². The van der Waals surface area contributed by atoms with Crippen LogP contribution >= 0.6 is 75.8 Å². The van der Waals surface area contributed by atoms with Crippen LogP contribution in [0, 0.1) is 10.8 Å². The normalized spacial score (nSPS) is 12.1. The Hall–Kier alpha value is -3.02. The van der Waals surface area contributed by atoms with Crippen molar-refractivity contribution < 1.29 is 71.5 Å². The molecule has 22 heteroatoms. The molecular formula is C40H57NO15S6. The van der Waals surface area contributed by atoms with E-state index in [0.29, 0.717) is 24.1 Å². The molecule has 0 radical (unpaired) electrons. The smallest absolute Gasteiger partial charge is 0.306 e. The van der Waals surface area contributed by atoms with Crippen molar-refractivity contribution in [1.29, 1.82) is 0 Å². The number of nitrogens with zero attached hydrogens (tertiary/aromatic N) is 1. The SMILES string of the molecule is C=CCCN1C(=O)c2ccccc2C1=O.O=C(CCS)OCC(COCC(COC(=O)CCS)(COC(=O)CCS)COC(=O)CCS)(COC(=O)CCS)COC(=O)CCS. The molecule has 2 rings (SSSR count). The largest absolute Gasteiger partial charge is 0.465 e. The Kier molecular flexibility index (Phi) is 30.0. The Morgan fingerprint density at radius 2 is 0.742 bits per heavy atom. The minimum absolute atomic E-state index is 0.0189. The van der Waals surface area contributed by atoms with Crippen molar-refractivity contribution in [2.45, 2.75) is 44.9 Å². The molecule has 0 fully saturated rings. The number of rotatable bonds is 31. The second kappa shape index (κ2) is 32.6. The molecule has 0 unspecified atom stereocenters. The van der Waals surface area contributed by atoms with Crippen LogP contribution < -0.4 is 0 Å². The molecule has 0 aromatic heterocycles. The van der Waals surface area contributed by atoms with Crippen molar-refractivity contribution in [3.63, 3.8) is 0 Å². The van der Waals surface area contributed by atoms with E-state index in [1.807, 2.05) is 0 Å². The van der Waals surface area contributed by atoms with Gasteiger partial charge in [0.15, 0.2) is 0 Å². The highest BCUT2D eigenvalue weighted by atomic mass is 32.1. The molecular weight excluding hydrogens is 927 g/mol. The van der Waals surface area contributed by atoms with Gasteiger partial charge in [-0.05, 0) is 18.6 Å². The van der Waals surface area contributed by atoms with Crippen molar-refractivity contribution >= 4 is 123 Å². The summed E-state index contributed by atoms with van der Waals surface area (Å²) in [5.41, 5.74) is -1.81. The van der Waals surface area contributed by atoms with Crippen LogP contribution in [0.3, 0.4) is 0 Å². The standard InChI is InChI=1S/C28H46O13S6.C12H11NO2/c29-21(1-7-42)36-15-27(16-37-22(30)2-8-43,17-38-23(31)3-9-44)13-35-14-28(18-39-24(32)4-10-45,19-40-25(33)5-11-46)20-41-26(34)6-12-47;1-2-3-8-13-11(14)9-6-4-5-7-10(9)12(13)15/h42-47H,1-20H2;2,4-7H,1,3,8H2.